The van der Waals surface area contributed by atoms with Crippen LogP contribution < -0.4 is 11.1 Å². The maximum atomic E-state index is 11.6. The van der Waals surface area contributed by atoms with Crippen LogP contribution in [0.2, 0.25) is 0 Å². The lowest BCUT2D eigenvalue weighted by molar-refractivity contribution is -0.122. The Bertz CT molecular complexity index is 494. The van der Waals surface area contributed by atoms with Crippen molar-refractivity contribution in [2.45, 2.75) is 13.1 Å². The number of nitrogens with zero attached hydrogens (tertiary/aromatic N) is 3. The fourth-order valence-corrected chi connectivity index (χ4v) is 1.36. The average molecular weight is 231 g/mol. The van der Waals surface area contributed by atoms with Crippen LogP contribution in [0.25, 0.3) is 0 Å². The van der Waals surface area contributed by atoms with E-state index in [4.69, 9.17) is 5.73 Å². The van der Waals surface area contributed by atoms with E-state index in [0.29, 0.717) is 12.2 Å². The SMILES string of the molecule is Nc1cnn(CC(=O)NCc2ccccn2)c1. The van der Waals surface area contributed by atoms with Gasteiger partial charge in [0.25, 0.3) is 0 Å². The van der Waals surface area contributed by atoms with Crippen LogP contribution in [0.3, 0.4) is 0 Å². The maximum absolute atomic E-state index is 11.6. The van der Waals surface area contributed by atoms with Crippen molar-refractivity contribution in [1.29, 1.82) is 0 Å². The molecule has 2 aromatic heterocycles. The summed E-state index contributed by atoms with van der Waals surface area (Å²) in [5.74, 6) is -0.126. The molecule has 0 unspecified atom stereocenters. The number of rotatable bonds is 4. The van der Waals surface area contributed by atoms with E-state index in [9.17, 15) is 4.79 Å². The van der Waals surface area contributed by atoms with Crippen molar-refractivity contribution in [3.8, 4) is 0 Å². The van der Waals surface area contributed by atoms with Gasteiger partial charge in [-0.1, -0.05) is 6.07 Å². The first-order valence-corrected chi connectivity index (χ1v) is 5.18. The quantitative estimate of drug-likeness (QED) is 0.785. The summed E-state index contributed by atoms with van der Waals surface area (Å²) in [6.45, 7) is 0.570. The van der Waals surface area contributed by atoms with Gasteiger partial charge in [0.1, 0.15) is 6.54 Å². The summed E-state index contributed by atoms with van der Waals surface area (Å²) in [4.78, 5) is 15.7. The normalized spacial score (nSPS) is 10.1. The van der Waals surface area contributed by atoms with Gasteiger partial charge in [-0.05, 0) is 12.1 Å². The Hall–Kier alpha value is -2.37. The minimum absolute atomic E-state index is 0.126. The summed E-state index contributed by atoms with van der Waals surface area (Å²) in [6, 6.07) is 5.56. The minimum Gasteiger partial charge on any atom is -0.396 e. The molecule has 17 heavy (non-hydrogen) atoms. The molecule has 0 saturated carbocycles. The number of amides is 1. The third-order valence-corrected chi connectivity index (χ3v) is 2.15. The number of hydrogen-bond acceptors (Lipinski definition) is 4. The van der Waals surface area contributed by atoms with E-state index in [0.717, 1.165) is 5.69 Å². The molecule has 0 bridgehead atoms. The summed E-state index contributed by atoms with van der Waals surface area (Å²) < 4.78 is 1.49. The third kappa shape index (κ3) is 3.30. The molecule has 0 saturated heterocycles. The Balaban J connectivity index is 1.82. The van der Waals surface area contributed by atoms with E-state index in [1.54, 1.807) is 12.4 Å². The highest BCUT2D eigenvalue weighted by Crippen LogP contribution is 1.97. The monoisotopic (exact) mass is 231 g/mol. The Kier molecular flexibility index (Phi) is 3.34. The Morgan fingerprint density at radius 2 is 2.35 bits per heavy atom. The second kappa shape index (κ2) is 5.11. The molecule has 1 amide bonds. The van der Waals surface area contributed by atoms with E-state index < -0.39 is 0 Å². The number of pyridine rings is 1. The lowest BCUT2D eigenvalue weighted by Crippen LogP contribution is -2.27. The fraction of sp³-hybridized carbons (Fsp3) is 0.182. The molecule has 6 nitrogen and oxygen atoms in total. The number of nitrogen functional groups attached to an aromatic ring is 1. The van der Waals surface area contributed by atoms with Crippen molar-refractivity contribution in [1.82, 2.24) is 20.1 Å². The van der Waals surface area contributed by atoms with Gasteiger partial charge in [0.15, 0.2) is 0 Å². The van der Waals surface area contributed by atoms with Gasteiger partial charge in [-0.25, -0.2) is 0 Å². The minimum atomic E-state index is -0.126. The Morgan fingerprint density at radius 1 is 1.47 bits per heavy atom. The average Bonchev–Trinajstić information content (AvgIpc) is 2.73. The maximum Gasteiger partial charge on any atom is 0.242 e. The lowest BCUT2D eigenvalue weighted by Gasteiger charge is -2.04. The standard InChI is InChI=1S/C11H13N5O/c12-9-5-15-16(7-9)8-11(17)14-6-10-3-1-2-4-13-10/h1-5,7H,6,8,12H2,(H,14,17). The van der Waals surface area contributed by atoms with Gasteiger partial charge in [0.2, 0.25) is 5.91 Å². The van der Waals surface area contributed by atoms with Crippen LogP contribution >= 0.6 is 0 Å². The van der Waals surface area contributed by atoms with Gasteiger partial charge in [0.05, 0.1) is 24.1 Å². The summed E-state index contributed by atoms with van der Waals surface area (Å²) >= 11 is 0. The zero-order valence-electron chi connectivity index (χ0n) is 9.21. The molecule has 3 N–H and O–H groups in total. The van der Waals surface area contributed by atoms with Crippen LogP contribution in [0.15, 0.2) is 36.8 Å². The molecule has 2 heterocycles. The van der Waals surface area contributed by atoms with Crippen LogP contribution in [0.5, 0.6) is 0 Å². The summed E-state index contributed by atoms with van der Waals surface area (Å²) in [7, 11) is 0. The highest BCUT2D eigenvalue weighted by Gasteiger charge is 2.03. The van der Waals surface area contributed by atoms with Crippen molar-refractivity contribution >= 4 is 11.6 Å². The number of carbonyl (C=O) groups excluding carboxylic acids is 1. The van der Waals surface area contributed by atoms with Gasteiger partial charge in [-0.15, -0.1) is 0 Å². The first kappa shape index (κ1) is 11.1. The second-order valence-electron chi connectivity index (χ2n) is 3.57. The van der Waals surface area contributed by atoms with Crippen LogP contribution in [-0.2, 0) is 17.9 Å². The number of aromatic nitrogens is 3. The van der Waals surface area contributed by atoms with Crippen molar-refractivity contribution < 1.29 is 4.79 Å². The van der Waals surface area contributed by atoms with Gasteiger partial charge < -0.3 is 11.1 Å². The number of nitrogens with two attached hydrogens (primary N) is 1. The zero-order valence-corrected chi connectivity index (χ0v) is 9.21. The van der Waals surface area contributed by atoms with Gasteiger partial charge >= 0.3 is 0 Å². The first-order chi connectivity index (χ1) is 8.24. The number of carbonyl (C=O) groups is 1. The molecule has 2 aromatic rings. The van der Waals surface area contributed by atoms with Crippen LogP contribution in [0.1, 0.15) is 5.69 Å². The van der Waals surface area contributed by atoms with E-state index in [1.807, 2.05) is 18.2 Å². The first-order valence-electron chi connectivity index (χ1n) is 5.18. The highest BCUT2D eigenvalue weighted by atomic mass is 16.2. The zero-order chi connectivity index (χ0) is 12.1. The molecule has 88 valence electrons. The summed E-state index contributed by atoms with van der Waals surface area (Å²) in [5, 5.41) is 6.68. The molecule has 0 aliphatic heterocycles. The van der Waals surface area contributed by atoms with E-state index >= 15 is 0 Å². The van der Waals surface area contributed by atoms with Gasteiger partial charge in [0, 0.05) is 12.4 Å². The van der Waals surface area contributed by atoms with Crippen molar-refractivity contribution in [3.05, 3.63) is 42.5 Å². The largest absolute Gasteiger partial charge is 0.396 e. The molecular formula is C11H13N5O. The molecule has 0 aliphatic rings. The third-order valence-electron chi connectivity index (χ3n) is 2.15. The lowest BCUT2D eigenvalue weighted by atomic mass is 10.3. The topological polar surface area (TPSA) is 85.8 Å². The van der Waals surface area contributed by atoms with Gasteiger partial charge in [-0.3, -0.25) is 14.5 Å². The molecule has 6 heteroatoms. The number of anilines is 1. The van der Waals surface area contributed by atoms with Crippen LogP contribution in [0.4, 0.5) is 5.69 Å². The fourth-order valence-electron chi connectivity index (χ4n) is 1.36. The molecule has 0 aliphatic carbocycles. The molecule has 0 spiro atoms. The summed E-state index contributed by atoms with van der Waals surface area (Å²) in [6.07, 6.45) is 4.81. The molecule has 0 radical (unpaired) electrons. The molecular weight excluding hydrogens is 218 g/mol. The molecule has 0 atom stereocenters. The van der Waals surface area contributed by atoms with Crippen LogP contribution in [0, 0.1) is 0 Å². The predicted octanol–water partition coefficient (Wildman–Crippen LogP) is 0.177. The molecule has 2 rings (SSSR count). The number of nitrogens with one attached hydrogen (secondary N) is 1. The Morgan fingerprint density at radius 3 is 3.00 bits per heavy atom. The van der Waals surface area contributed by atoms with E-state index in [-0.39, 0.29) is 12.5 Å². The van der Waals surface area contributed by atoms with Crippen molar-refractivity contribution in [2.24, 2.45) is 0 Å². The smallest absolute Gasteiger partial charge is 0.242 e. The summed E-state index contributed by atoms with van der Waals surface area (Å²) in [5.41, 5.74) is 6.86. The Labute approximate surface area is 98.5 Å². The van der Waals surface area contributed by atoms with Crippen LogP contribution in [-0.4, -0.2) is 20.7 Å². The molecule has 0 fully saturated rings. The van der Waals surface area contributed by atoms with Gasteiger partial charge in [-0.2, -0.15) is 5.10 Å². The molecule has 0 aromatic carbocycles. The highest BCUT2D eigenvalue weighted by molar-refractivity contribution is 5.75. The predicted molar refractivity (Wildman–Crippen MR) is 62.7 cm³/mol. The van der Waals surface area contributed by atoms with E-state index in [2.05, 4.69) is 15.4 Å². The second-order valence-corrected chi connectivity index (χ2v) is 3.57. The van der Waals surface area contributed by atoms with E-state index in [1.165, 1.54) is 10.9 Å². The number of hydrogen-bond donors (Lipinski definition) is 2. The van der Waals surface area contributed by atoms with Crippen molar-refractivity contribution in [3.63, 3.8) is 0 Å². The van der Waals surface area contributed by atoms with Crippen molar-refractivity contribution in [2.75, 3.05) is 5.73 Å².